The van der Waals surface area contributed by atoms with E-state index in [1.807, 2.05) is 6.07 Å². The third-order valence-corrected chi connectivity index (χ3v) is 5.11. The molecule has 0 unspecified atom stereocenters. The average Bonchev–Trinajstić information content (AvgIpc) is 2.66. The van der Waals surface area contributed by atoms with Crippen molar-refractivity contribution in [3.63, 3.8) is 0 Å². The van der Waals surface area contributed by atoms with Crippen molar-refractivity contribution in [3.05, 3.63) is 23.8 Å². The van der Waals surface area contributed by atoms with Crippen molar-refractivity contribution in [2.24, 2.45) is 0 Å². The zero-order valence-electron chi connectivity index (χ0n) is 16.5. The van der Waals surface area contributed by atoms with Crippen molar-refractivity contribution < 1.29 is 19.4 Å². The number of phenolic OH excluding ortho intramolecular Hbond substituents is 1. The second-order valence-electron chi connectivity index (χ2n) is 7.36. The van der Waals surface area contributed by atoms with E-state index < -0.39 is 0 Å². The molecule has 0 saturated heterocycles. The molecule has 0 bridgehead atoms. The number of carbonyl (C=O) groups excluding carboxylic acids is 2. The number of fused-ring (bicyclic) bond motifs is 1. The number of aromatic hydroxyl groups is 1. The van der Waals surface area contributed by atoms with Gasteiger partial charge in [0.2, 0.25) is 5.91 Å². The molecule has 1 N–H and O–H groups in total. The van der Waals surface area contributed by atoms with Gasteiger partial charge in [-0.3, -0.25) is 14.5 Å². The molecule has 0 spiro atoms. The smallest absolute Gasteiger partial charge is 0.307 e. The molecule has 0 aliphatic carbocycles. The minimum absolute atomic E-state index is 0.0778. The molecular weight excluding hydrogens is 342 g/mol. The van der Waals surface area contributed by atoms with Crippen LogP contribution in [0.25, 0.3) is 0 Å². The number of carbonyl (C=O) groups is 2. The second kappa shape index (κ2) is 11.6. The number of ether oxygens (including phenoxy) is 1. The molecule has 2 rings (SSSR count). The van der Waals surface area contributed by atoms with Crippen LogP contribution in [0.15, 0.2) is 18.2 Å². The highest BCUT2D eigenvalue weighted by molar-refractivity contribution is 5.96. The molecule has 5 heteroatoms. The molecule has 5 nitrogen and oxygen atoms in total. The van der Waals surface area contributed by atoms with E-state index in [0.717, 1.165) is 24.8 Å². The van der Waals surface area contributed by atoms with Gasteiger partial charge >= 0.3 is 5.97 Å². The number of esters is 1. The third kappa shape index (κ3) is 7.24. The Hall–Kier alpha value is -2.04. The maximum atomic E-state index is 12.2. The molecule has 27 heavy (non-hydrogen) atoms. The number of benzene rings is 1. The Morgan fingerprint density at radius 2 is 1.70 bits per heavy atom. The van der Waals surface area contributed by atoms with Crippen LogP contribution in [0.1, 0.15) is 83.1 Å². The summed E-state index contributed by atoms with van der Waals surface area (Å²) in [5, 5.41) is 9.67. The van der Waals surface area contributed by atoms with E-state index in [-0.39, 0.29) is 24.4 Å². The quantitative estimate of drug-likeness (QED) is 0.408. The van der Waals surface area contributed by atoms with E-state index in [1.165, 1.54) is 43.4 Å². The Morgan fingerprint density at radius 3 is 2.41 bits per heavy atom. The van der Waals surface area contributed by atoms with Gasteiger partial charge in [-0.05, 0) is 24.5 Å². The van der Waals surface area contributed by atoms with Crippen LogP contribution in [0, 0.1) is 0 Å². The zero-order chi connectivity index (χ0) is 19.5. The summed E-state index contributed by atoms with van der Waals surface area (Å²) in [7, 11) is 0. The van der Waals surface area contributed by atoms with Crippen molar-refractivity contribution in [2.45, 2.75) is 84.0 Å². The lowest BCUT2D eigenvalue weighted by Gasteiger charge is -2.28. The summed E-state index contributed by atoms with van der Waals surface area (Å²) in [6.45, 7) is 2.15. The van der Waals surface area contributed by atoms with Gasteiger partial charge in [-0.2, -0.15) is 0 Å². The topological polar surface area (TPSA) is 66.8 Å². The van der Waals surface area contributed by atoms with Gasteiger partial charge in [-0.25, -0.2) is 0 Å². The maximum absolute atomic E-state index is 12.2. The lowest BCUT2D eigenvalue weighted by Crippen LogP contribution is -2.37. The fourth-order valence-electron chi connectivity index (χ4n) is 3.46. The lowest BCUT2D eigenvalue weighted by atomic mass is 10.0. The number of hydrogen-bond acceptors (Lipinski definition) is 4. The molecule has 150 valence electrons. The largest absolute Gasteiger partial charge is 0.508 e. The van der Waals surface area contributed by atoms with E-state index >= 15 is 0 Å². The van der Waals surface area contributed by atoms with E-state index in [9.17, 15) is 14.7 Å². The number of hydrogen-bond donors (Lipinski definition) is 1. The van der Waals surface area contributed by atoms with Crippen LogP contribution >= 0.6 is 0 Å². The van der Waals surface area contributed by atoms with Crippen LogP contribution in [-0.2, 0) is 20.7 Å². The highest BCUT2D eigenvalue weighted by Gasteiger charge is 2.25. The first-order valence-electron chi connectivity index (χ1n) is 10.4. The van der Waals surface area contributed by atoms with Crippen molar-refractivity contribution in [1.29, 1.82) is 0 Å². The first-order chi connectivity index (χ1) is 13.1. The van der Waals surface area contributed by atoms with Crippen molar-refractivity contribution in [3.8, 4) is 5.75 Å². The van der Waals surface area contributed by atoms with Crippen LogP contribution in [0.4, 0.5) is 5.69 Å². The molecule has 0 aromatic heterocycles. The highest BCUT2D eigenvalue weighted by atomic mass is 16.5. The van der Waals surface area contributed by atoms with Gasteiger partial charge in [0.1, 0.15) is 5.75 Å². The summed E-state index contributed by atoms with van der Waals surface area (Å²) < 4.78 is 5.31. The van der Waals surface area contributed by atoms with Gasteiger partial charge in [0.15, 0.2) is 6.73 Å². The third-order valence-electron chi connectivity index (χ3n) is 5.11. The predicted molar refractivity (Wildman–Crippen MR) is 107 cm³/mol. The van der Waals surface area contributed by atoms with Crippen molar-refractivity contribution in [2.75, 3.05) is 11.6 Å². The molecule has 0 atom stereocenters. The SMILES string of the molecule is CCCCCCCCCCCC(=O)OCN1C(=O)CCc2ccc(O)cc21. The molecule has 0 radical (unpaired) electrons. The number of aryl methyl sites for hydroxylation is 1. The fourth-order valence-corrected chi connectivity index (χ4v) is 3.46. The standard InChI is InChI=1S/C22H33NO4/c1-2-3-4-5-6-7-8-9-10-11-22(26)27-17-23-20-16-19(24)14-12-18(20)13-15-21(23)25/h12,14,16,24H,2-11,13,15,17H2,1H3. The van der Waals surface area contributed by atoms with Gasteiger partial charge < -0.3 is 9.84 Å². The number of anilines is 1. The summed E-state index contributed by atoms with van der Waals surface area (Å²) in [4.78, 5) is 25.6. The van der Waals surface area contributed by atoms with E-state index in [2.05, 4.69) is 6.92 Å². The molecule has 1 aliphatic rings. The lowest BCUT2D eigenvalue weighted by molar-refractivity contribution is -0.144. The first kappa shape index (κ1) is 21.3. The van der Waals surface area contributed by atoms with E-state index in [4.69, 9.17) is 4.74 Å². The van der Waals surface area contributed by atoms with Crippen LogP contribution in [0.2, 0.25) is 0 Å². The Kier molecular flexibility index (Phi) is 9.16. The summed E-state index contributed by atoms with van der Waals surface area (Å²) >= 11 is 0. The Morgan fingerprint density at radius 1 is 1.04 bits per heavy atom. The molecule has 0 saturated carbocycles. The Bertz CT molecular complexity index is 614. The average molecular weight is 376 g/mol. The normalized spacial score (nSPS) is 13.5. The molecule has 1 aliphatic heterocycles. The van der Waals surface area contributed by atoms with Gasteiger partial charge in [0.05, 0.1) is 5.69 Å². The van der Waals surface area contributed by atoms with Gasteiger partial charge in [0, 0.05) is 18.9 Å². The summed E-state index contributed by atoms with van der Waals surface area (Å²) in [6, 6.07) is 4.98. The maximum Gasteiger partial charge on any atom is 0.307 e. The summed E-state index contributed by atoms with van der Waals surface area (Å²) in [5.74, 6) is -0.239. The van der Waals surface area contributed by atoms with E-state index in [1.54, 1.807) is 12.1 Å². The molecule has 1 amide bonds. The van der Waals surface area contributed by atoms with Crippen molar-refractivity contribution >= 4 is 17.6 Å². The number of rotatable bonds is 12. The second-order valence-corrected chi connectivity index (χ2v) is 7.36. The Balaban J connectivity index is 1.63. The molecule has 1 heterocycles. The fraction of sp³-hybridized carbons (Fsp3) is 0.636. The van der Waals surface area contributed by atoms with Crippen LogP contribution in [-0.4, -0.2) is 23.7 Å². The minimum atomic E-state index is -0.266. The van der Waals surface area contributed by atoms with E-state index in [0.29, 0.717) is 24.9 Å². The first-order valence-corrected chi connectivity index (χ1v) is 10.4. The Labute approximate surface area is 162 Å². The van der Waals surface area contributed by atoms with Gasteiger partial charge in [0.25, 0.3) is 0 Å². The highest BCUT2D eigenvalue weighted by Crippen LogP contribution is 2.31. The molecular formula is C22H33NO4. The number of amides is 1. The number of nitrogens with zero attached hydrogens (tertiary/aromatic N) is 1. The van der Waals surface area contributed by atoms with Crippen LogP contribution in [0.5, 0.6) is 5.75 Å². The summed E-state index contributed by atoms with van der Waals surface area (Å²) in [5.41, 5.74) is 1.63. The predicted octanol–water partition coefficient (Wildman–Crippen LogP) is 5.09. The van der Waals surface area contributed by atoms with Crippen LogP contribution in [0.3, 0.4) is 0 Å². The van der Waals surface area contributed by atoms with Gasteiger partial charge in [-0.15, -0.1) is 0 Å². The number of phenols is 1. The monoisotopic (exact) mass is 375 g/mol. The number of unbranched alkanes of at least 4 members (excludes halogenated alkanes) is 8. The molecule has 1 aromatic rings. The summed E-state index contributed by atoms with van der Waals surface area (Å²) in [6.07, 6.45) is 12.3. The van der Waals surface area contributed by atoms with Gasteiger partial charge in [-0.1, -0.05) is 64.4 Å². The molecule has 0 fully saturated rings. The van der Waals surface area contributed by atoms with Crippen molar-refractivity contribution in [1.82, 2.24) is 0 Å². The van der Waals surface area contributed by atoms with Crippen LogP contribution < -0.4 is 4.90 Å². The molecule has 1 aromatic carbocycles. The zero-order valence-corrected chi connectivity index (χ0v) is 16.5. The minimum Gasteiger partial charge on any atom is -0.508 e.